The summed E-state index contributed by atoms with van der Waals surface area (Å²) in [5.41, 5.74) is 0.903. The van der Waals surface area contributed by atoms with E-state index < -0.39 is 11.9 Å². The zero-order valence-corrected chi connectivity index (χ0v) is 13.1. The Bertz CT molecular complexity index is 784. The van der Waals surface area contributed by atoms with Gasteiger partial charge >= 0.3 is 5.97 Å². The number of rotatable bonds is 4. The Labute approximate surface area is 137 Å². The van der Waals surface area contributed by atoms with Gasteiger partial charge in [0.05, 0.1) is 13.2 Å². The van der Waals surface area contributed by atoms with Crippen LogP contribution in [0.15, 0.2) is 18.2 Å². The summed E-state index contributed by atoms with van der Waals surface area (Å²) in [7, 11) is 0. The van der Waals surface area contributed by atoms with Gasteiger partial charge in [-0.1, -0.05) is 6.07 Å². The predicted octanol–water partition coefficient (Wildman–Crippen LogP) is 1.51. The molecule has 1 aromatic carbocycles. The van der Waals surface area contributed by atoms with Gasteiger partial charge in [0.2, 0.25) is 0 Å². The number of hydrogen-bond acceptors (Lipinski definition) is 5. The van der Waals surface area contributed by atoms with Gasteiger partial charge in [0.1, 0.15) is 5.56 Å². The summed E-state index contributed by atoms with van der Waals surface area (Å²) >= 11 is 0. The van der Waals surface area contributed by atoms with E-state index in [0.717, 1.165) is 12.0 Å². The van der Waals surface area contributed by atoms with Crippen LogP contribution in [0.4, 0.5) is 0 Å². The molecule has 126 valence electrons. The number of nitrogens with one attached hydrogen (secondary N) is 2. The minimum atomic E-state index is -1.19. The molecule has 0 saturated carbocycles. The van der Waals surface area contributed by atoms with Crippen LogP contribution in [0.2, 0.25) is 0 Å². The fourth-order valence-electron chi connectivity index (χ4n) is 2.44. The van der Waals surface area contributed by atoms with Crippen molar-refractivity contribution >= 4 is 11.9 Å². The van der Waals surface area contributed by atoms with E-state index in [1.54, 1.807) is 19.1 Å². The average molecular weight is 331 g/mol. The number of aromatic carboxylic acids is 1. The van der Waals surface area contributed by atoms with Crippen LogP contribution in [0.5, 0.6) is 11.5 Å². The summed E-state index contributed by atoms with van der Waals surface area (Å²) in [4.78, 5) is 23.4. The van der Waals surface area contributed by atoms with Crippen LogP contribution >= 0.6 is 0 Å². The van der Waals surface area contributed by atoms with Crippen molar-refractivity contribution in [1.29, 1.82) is 0 Å². The molecule has 0 atom stereocenters. The Kier molecular flexibility index (Phi) is 4.37. The van der Waals surface area contributed by atoms with Crippen LogP contribution < -0.4 is 14.8 Å². The highest BCUT2D eigenvalue weighted by Gasteiger charge is 2.22. The van der Waals surface area contributed by atoms with Crippen molar-refractivity contribution in [3.05, 3.63) is 40.7 Å². The Morgan fingerprint density at radius 2 is 2.04 bits per heavy atom. The lowest BCUT2D eigenvalue weighted by atomic mass is 10.1. The standard InChI is InChI=1S/C16H17N3O5/c1-9-13(16(21)22)14(19-18-9)15(20)17-8-10-3-4-11-12(7-10)24-6-2-5-23-11/h3-4,7H,2,5-6,8H2,1H3,(H,17,20)(H,18,19)(H,21,22). The zero-order valence-electron chi connectivity index (χ0n) is 13.1. The highest BCUT2D eigenvalue weighted by molar-refractivity contribution is 6.04. The van der Waals surface area contributed by atoms with Crippen molar-refractivity contribution < 1.29 is 24.2 Å². The first-order valence-electron chi connectivity index (χ1n) is 7.51. The van der Waals surface area contributed by atoms with E-state index in [1.807, 2.05) is 6.07 Å². The molecule has 1 aliphatic rings. The molecular weight excluding hydrogens is 314 g/mol. The Balaban J connectivity index is 1.71. The van der Waals surface area contributed by atoms with E-state index in [4.69, 9.17) is 14.6 Å². The van der Waals surface area contributed by atoms with Crippen molar-refractivity contribution in [2.24, 2.45) is 0 Å². The minimum absolute atomic E-state index is 0.119. The Morgan fingerprint density at radius 3 is 2.79 bits per heavy atom. The van der Waals surface area contributed by atoms with Gasteiger partial charge in [0, 0.05) is 18.7 Å². The number of carboxylic acid groups (broad SMARTS) is 1. The van der Waals surface area contributed by atoms with Crippen LogP contribution in [-0.2, 0) is 6.54 Å². The first kappa shape index (κ1) is 15.9. The maximum Gasteiger partial charge on any atom is 0.340 e. The number of hydrogen-bond donors (Lipinski definition) is 3. The third-order valence-electron chi connectivity index (χ3n) is 3.64. The van der Waals surface area contributed by atoms with E-state index in [9.17, 15) is 9.59 Å². The van der Waals surface area contributed by atoms with Gasteiger partial charge in [-0.25, -0.2) is 4.79 Å². The minimum Gasteiger partial charge on any atom is -0.490 e. The summed E-state index contributed by atoms with van der Waals surface area (Å²) in [5.74, 6) is -0.425. The number of carboxylic acids is 1. The molecule has 0 aliphatic carbocycles. The lowest BCUT2D eigenvalue weighted by Gasteiger charge is -2.10. The van der Waals surface area contributed by atoms with Gasteiger partial charge in [-0.05, 0) is 24.6 Å². The predicted molar refractivity (Wildman–Crippen MR) is 83.5 cm³/mol. The number of aromatic nitrogens is 2. The largest absolute Gasteiger partial charge is 0.490 e. The van der Waals surface area contributed by atoms with Crippen LogP contribution in [-0.4, -0.2) is 40.4 Å². The van der Waals surface area contributed by atoms with Gasteiger partial charge in [-0.2, -0.15) is 5.10 Å². The van der Waals surface area contributed by atoms with Crippen LogP contribution in [0.1, 0.15) is 38.5 Å². The molecule has 0 saturated heterocycles. The van der Waals surface area contributed by atoms with Crippen molar-refractivity contribution in [1.82, 2.24) is 15.5 Å². The monoisotopic (exact) mass is 331 g/mol. The fraction of sp³-hybridized carbons (Fsp3) is 0.312. The van der Waals surface area contributed by atoms with Crippen molar-refractivity contribution in [3.8, 4) is 11.5 Å². The normalized spacial score (nSPS) is 13.2. The van der Waals surface area contributed by atoms with E-state index in [-0.39, 0.29) is 17.8 Å². The highest BCUT2D eigenvalue weighted by atomic mass is 16.5. The molecular formula is C16H17N3O5. The maximum absolute atomic E-state index is 12.2. The number of benzene rings is 1. The Hall–Kier alpha value is -3.03. The van der Waals surface area contributed by atoms with Gasteiger partial charge in [-0.15, -0.1) is 0 Å². The number of carbonyl (C=O) groups excluding carboxylic acids is 1. The van der Waals surface area contributed by atoms with Gasteiger partial charge in [0.15, 0.2) is 17.2 Å². The number of fused-ring (bicyclic) bond motifs is 1. The molecule has 0 radical (unpaired) electrons. The first-order valence-corrected chi connectivity index (χ1v) is 7.51. The molecule has 0 fully saturated rings. The summed E-state index contributed by atoms with van der Waals surface area (Å²) in [6.07, 6.45) is 0.817. The second-order valence-electron chi connectivity index (χ2n) is 5.39. The maximum atomic E-state index is 12.2. The van der Waals surface area contributed by atoms with Crippen molar-refractivity contribution in [2.45, 2.75) is 19.9 Å². The van der Waals surface area contributed by atoms with Gasteiger partial charge in [0.25, 0.3) is 5.91 Å². The molecule has 2 heterocycles. The second kappa shape index (κ2) is 6.61. The lowest BCUT2D eigenvalue weighted by Crippen LogP contribution is -2.25. The van der Waals surface area contributed by atoms with Crippen LogP contribution in [0.25, 0.3) is 0 Å². The molecule has 1 amide bonds. The molecule has 1 aromatic heterocycles. The molecule has 3 N–H and O–H groups in total. The number of H-pyrrole nitrogens is 1. The number of aromatic amines is 1. The van der Waals surface area contributed by atoms with E-state index in [2.05, 4.69) is 15.5 Å². The van der Waals surface area contributed by atoms with E-state index >= 15 is 0 Å². The zero-order chi connectivity index (χ0) is 17.1. The number of amides is 1. The van der Waals surface area contributed by atoms with Gasteiger partial charge in [-0.3, -0.25) is 9.89 Å². The average Bonchev–Trinajstić information content (AvgIpc) is 2.80. The van der Waals surface area contributed by atoms with Crippen molar-refractivity contribution in [2.75, 3.05) is 13.2 Å². The van der Waals surface area contributed by atoms with Crippen LogP contribution in [0, 0.1) is 6.92 Å². The second-order valence-corrected chi connectivity index (χ2v) is 5.39. The summed E-state index contributed by atoms with van der Waals surface area (Å²) < 4.78 is 11.2. The molecule has 8 heteroatoms. The number of aryl methyl sites for hydroxylation is 1. The van der Waals surface area contributed by atoms with Gasteiger partial charge < -0.3 is 19.9 Å². The first-order chi connectivity index (χ1) is 11.6. The third kappa shape index (κ3) is 3.17. The topological polar surface area (TPSA) is 114 Å². The summed E-state index contributed by atoms with van der Waals surface area (Å²) in [5, 5.41) is 18.1. The summed E-state index contributed by atoms with van der Waals surface area (Å²) in [6.45, 7) is 2.97. The smallest absolute Gasteiger partial charge is 0.340 e. The number of ether oxygens (including phenoxy) is 2. The van der Waals surface area contributed by atoms with Crippen molar-refractivity contribution in [3.63, 3.8) is 0 Å². The SMILES string of the molecule is Cc1[nH]nc(C(=O)NCc2ccc3c(c2)OCCCO3)c1C(=O)O. The van der Waals surface area contributed by atoms with E-state index in [0.29, 0.717) is 30.4 Å². The molecule has 0 spiro atoms. The molecule has 3 rings (SSSR count). The fourth-order valence-corrected chi connectivity index (χ4v) is 2.44. The number of carbonyl (C=O) groups is 2. The highest BCUT2D eigenvalue weighted by Crippen LogP contribution is 2.30. The Morgan fingerprint density at radius 1 is 1.29 bits per heavy atom. The molecule has 1 aliphatic heterocycles. The quantitative estimate of drug-likeness (QED) is 0.782. The molecule has 24 heavy (non-hydrogen) atoms. The van der Waals surface area contributed by atoms with Crippen LogP contribution in [0.3, 0.4) is 0 Å². The van der Waals surface area contributed by atoms with E-state index in [1.165, 1.54) is 0 Å². The molecule has 8 nitrogen and oxygen atoms in total. The lowest BCUT2D eigenvalue weighted by molar-refractivity contribution is 0.0690. The summed E-state index contributed by atoms with van der Waals surface area (Å²) in [6, 6.07) is 5.42. The number of nitrogens with zero attached hydrogens (tertiary/aromatic N) is 1. The third-order valence-corrected chi connectivity index (χ3v) is 3.64. The molecule has 2 aromatic rings. The molecule has 0 bridgehead atoms. The molecule has 0 unspecified atom stereocenters.